The van der Waals surface area contributed by atoms with Gasteiger partial charge in [-0.05, 0) is 48.9 Å². The largest absolute Gasteiger partial charge is 0.356 e. The van der Waals surface area contributed by atoms with Crippen LogP contribution in [0.3, 0.4) is 0 Å². The topological polar surface area (TPSA) is 46.9 Å². The van der Waals surface area contributed by atoms with Crippen LogP contribution in [0.2, 0.25) is 0 Å². The molecule has 22 heavy (non-hydrogen) atoms. The Bertz CT molecular complexity index is 583. The molecular weight excluding hydrogens is 274 g/mol. The van der Waals surface area contributed by atoms with Gasteiger partial charge in [-0.2, -0.15) is 5.10 Å². The van der Waals surface area contributed by atoms with E-state index in [4.69, 9.17) is 0 Å². The number of carbonyl (C=O) groups excluding carboxylic acids is 1. The fourth-order valence-electron chi connectivity index (χ4n) is 3.13. The van der Waals surface area contributed by atoms with Crippen molar-refractivity contribution in [3.63, 3.8) is 0 Å². The zero-order valence-electron chi connectivity index (χ0n) is 12.9. The first kappa shape index (κ1) is 14.8. The molecule has 4 nitrogen and oxygen atoms in total. The van der Waals surface area contributed by atoms with Gasteiger partial charge in [-0.25, -0.2) is 4.68 Å². The van der Waals surface area contributed by atoms with E-state index >= 15 is 0 Å². The molecule has 1 saturated carbocycles. The Labute approximate surface area is 131 Å². The molecule has 1 aromatic carbocycles. The first-order valence-corrected chi connectivity index (χ1v) is 8.17. The Hall–Kier alpha value is -2.10. The molecule has 0 aliphatic heterocycles. The summed E-state index contributed by atoms with van der Waals surface area (Å²) in [6.07, 6.45) is 10.3. The second-order valence-electron chi connectivity index (χ2n) is 6.07. The first-order valence-electron chi connectivity index (χ1n) is 8.17. The van der Waals surface area contributed by atoms with Crippen LogP contribution in [-0.2, 0) is 11.2 Å². The van der Waals surface area contributed by atoms with Gasteiger partial charge in [0.25, 0.3) is 0 Å². The Balaban J connectivity index is 1.42. The third-order valence-corrected chi connectivity index (χ3v) is 4.39. The molecule has 0 atom stereocenters. The van der Waals surface area contributed by atoms with Gasteiger partial charge in [0.15, 0.2) is 0 Å². The van der Waals surface area contributed by atoms with Gasteiger partial charge in [0, 0.05) is 25.4 Å². The molecule has 1 fully saturated rings. The van der Waals surface area contributed by atoms with Crippen molar-refractivity contribution in [1.29, 1.82) is 0 Å². The number of amides is 1. The van der Waals surface area contributed by atoms with E-state index in [-0.39, 0.29) is 5.91 Å². The van der Waals surface area contributed by atoms with Gasteiger partial charge in [-0.15, -0.1) is 0 Å². The third kappa shape index (κ3) is 3.97. The molecule has 0 radical (unpaired) electrons. The van der Waals surface area contributed by atoms with Crippen molar-refractivity contribution >= 4 is 5.91 Å². The molecule has 1 aliphatic rings. The number of hydrogen-bond donors (Lipinski definition) is 1. The lowest BCUT2D eigenvalue weighted by Gasteiger charge is -2.10. The average molecular weight is 297 g/mol. The fraction of sp³-hybridized carbons (Fsp3) is 0.444. The van der Waals surface area contributed by atoms with Crippen LogP contribution in [-0.4, -0.2) is 22.2 Å². The lowest BCUT2D eigenvalue weighted by atomic mass is 10.0. The van der Waals surface area contributed by atoms with Crippen molar-refractivity contribution in [3.8, 4) is 5.69 Å². The summed E-state index contributed by atoms with van der Waals surface area (Å²) in [4.78, 5) is 11.9. The van der Waals surface area contributed by atoms with E-state index in [1.165, 1.54) is 31.2 Å². The highest BCUT2D eigenvalue weighted by atomic mass is 16.1. The first-order chi connectivity index (χ1) is 10.8. The SMILES string of the molecule is O=C(CC1CCCC1)NCCc1ccc(-n2cccn2)cc1. The molecule has 0 unspecified atom stereocenters. The highest BCUT2D eigenvalue weighted by molar-refractivity contribution is 5.76. The van der Waals surface area contributed by atoms with E-state index in [2.05, 4.69) is 34.7 Å². The highest BCUT2D eigenvalue weighted by Crippen LogP contribution is 2.27. The molecule has 1 amide bonds. The Kier molecular flexibility index (Phi) is 4.88. The normalized spacial score (nSPS) is 15.1. The maximum atomic E-state index is 11.9. The molecule has 3 rings (SSSR count). The maximum absolute atomic E-state index is 11.9. The van der Waals surface area contributed by atoms with E-state index in [1.54, 1.807) is 6.20 Å². The van der Waals surface area contributed by atoms with Crippen molar-refractivity contribution in [3.05, 3.63) is 48.3 Å². The molecule has 1 aromatic heterocycles. The quantitative estimate of drug-likeness (QED) is 0.890. The van der Waals surface area contributed by atoms with Crippen molar-refractivity contribution in [2.45, 2.75) is 38.5 Å². The van der Waals surface area contributed by atoms with E-state index in [0.717, 1.165) is 12.1 Å². The van der Waals surface area contributed by atoms with Crippen LogP contribution in [0, 0.1) is 5.92 Å². The lowest BCUT2D eigenvalue weighted by Crippen LogP contribution is -2.27. The van der Waals surface area contributed by atoms with Crippen molar-refractivity contribution in [1.82, 2.24) is 15.1 Å². The Morgan fingerprint density at radius 3 is 2.68 bits per heavy atom. The minimum atomic E-state index is 0.208. The van der Waals surface area contributed by atoms with Gasteiger partial charge in [-0.1, -0.05) is 25.0 Å². The predicted octanol–water partition coefficient (Wildman–Crippen LogP) is 3.11. The van der Waals surface area contributed by atoms with Gasteiger partial charge in [0.2, 0.25) is 5.91 Å². The zero-order chi connectivity index (χ0) is 15.2. The molecular formula is C18H23N3O. The Morgan fingerprint density at radius 1 is 1.23 bits per heavy atom. The predicted molar refractivity (Wildman–Crippen MR) is 86.9 cm³/mol. The highest BCUT2D eigenvalue weighted by Gasteiger charge is 2.17. The maximum Gasteiger partial charge on any atom is 0.220 e. The van der Waals surface area contributed by atoms with E-state index < -0.39 is 0 Å². The monoisotopic (exact) mass is 297 g/mol. The van der Waals surface area contributed by atoms with Gasteiger partial charge in [0.05, 0.1) is 5.69 Å². The summed E-state index contributed by atoms with van der Waals surface area (Å²) in [5.41, 5.74) is 2.29. The van der Waals surface area contributed by atoms with Crippen LogP contribution < -0.4 is 5.32 Å². The number of carbonyl (C=O) groups is 1. The standard InChI is InChI=1S/C18H23N3O/c22-18(14-16-4-1-2-5-16)19-12-10-15-6-8-17(9-7-15)21-13-3-11-20-21/h3,6-9,11,13,16H,1-2,4-5,10,12,14H2,(H,19,22). The molecule has 0 bridgehead atoms. The summed E-state index contributed by atoms with van der Waals surface area (Å²) in [6.45, 7) is 0.715. The van der Waals surface area contributed by atoms with Crippen molar-refractivity contribution < 1.29 is 4.79 Å². The molecule has 1 aliphatic carbocycles. The van der Waals surface area contributed by atoms with Crippen LogP contribution in [0.5, 0.6) is 0 Å². The molecule has 116 valence electrons. The summed E-state index contributed by atoms with van der Waals surface area (Å²) in [7, 11) is 0. The van der Waals surface area contributed by atoms with Crippen LogP contribution >= 0.6 is 0 Å². The van der Waals surface area contributed by atoms with Gasteiger partial charge >= 0.3 is 0 Å². The van der Waals surface area contributed by atoms with Crippen LogP contribution in [0.15, 0.2) is 42.7 Å². The number of aromatic nitrogens is 2. The number of rotatable bonds is 6. The number of hydrogen-bond acceptors (Lipinski definition) is 2. The number of nitrogens with zero attached hydrogens (tertiary/aromatic N) is 2. The molecule has 0 spiro atoms. The summed E-state index contributed by atoms with van der Waals surface area (Å²) in [6, 6.07) is 10.2. The fourth-order valence-corrected chi connectivity index (χ4v) is 3.13. The average Bonchev–Trinajstić information content (AvgIpc) is 3.21. The van der Waals surface area contributed by atoms with Gasteiger partial charge in [0.1, 0.15) is 0 Å². The van der Waals surface area contributed by atoms with Crippen molar-refractivity contribution in [2.75, 3.05) is 6.54 Å². The van der Waals surface area contributed by atoms with Gasteiger partial charge < -0.3 is 5.32 Å². The zero-order valence-corrected chi connectivity index (χ0v) is 12.9. The summed E-state index contributed by atoms with van der Waals surface area (Å²) >= 11 is 0. The summed E-state index contributed by atoms with van der Waals surface area (Å²) in [5, 5.41) is 7.25. The molecule has 2 aromatic rings. The molecule has 0 saturated heterocycles. The van der Waals surface area contributed by atoms with Crippen molar-refractivity contribution in [2.24, 2.45) is 5.92 Å². The Morgan fingerprint density at radius 2 is 2.00 bits per heavy atom. The van der Waals surface area contributed by atoms with Crippen LogP contribution in [0.4, 0.5) is 0 Å². The lowest BCUT2D eigenvalue weighted by molar-refractivity contribution is -0.121. The molecule has 1 heterocycles. The number of nitrogens with one attached hydrogen (secondary N) is 1. The number of benzene rings is 1. The smallest absolute Gasteiger partial charge is 0.220 e. The molecule has 4 heteroatoms. The van der Waals surface area contributed by atoms with E-state index in [1.807, 2.05) is 16.9 Å². The van der Waals surface area contributed by atoms with Gasteiger partial charge in [-0.3, -0.25) is 4.79 Å². The second kappa shape index (κ2) is 7.25. The summed E-state index contributed by atoms with van der Waals surface area (Å²) in [5.74, 6) is 0.827. The second-order valence-corrected chi connectivity index (χ2v) is 6.07. The van der Waals surface area contributed by atoms with Crippen LogP contribution in [0.25, 0.3) is 5.69 Å². The third-order valence-electron chi connectivity index (χ3n) is 4.39. The van der Waals surface area contributed by atoms with E-state index in [0.29, 0.717) is 18.9 Å². The van der Waals surface area contributed by atoms with Crippen LogP contribution in [0.1, 0.15) is 37.7 Å². The summed E-state index contributed by atoms with van der Waals surface area (Å²) < 4.78 is 1.84. The van der Waals surface area contributed by atoms with E-state index in [9.17, 15) is 4.79 Å². The minimum absolute atomic E-state index is 0.208. The molecule has 1 N–H and O–H groups in total. The minimum Gasteiger partial charge on any atom is -0.356 e.